The number of hydrogen-bond donors (Lipinski definition) is 3. The molecule has 0 aromatic heterocycles. The number of aryl methyl sites for hydroxylation is 3. The minimum Gasteiger partial charge on any atom is -0.444 e. The van der Waals surface area contributed by atoms with Crippen LogP contribution in [-0.2, 0) is 14.3 Å². The molecule has 2 rings (SSSR count). The lowest BCUT2D eigenvalue weighted by molar-refractivity contribution is -0.140. The molecule has 41 heavy (non-hydrogen) atoms. The zero-order valence-corrected chi connectivity index (χ0v) is 26.8. The van der Waals surface area contributed by atoms with Crippen LogP contribution in [0.1, 0.15) is 94.5 Å². The standard InChI is InChI=1S/C33H49N3O4S/c1-8-9-10-11-12-15-20-36(31(38)28(22-41)35-32(39)40-33(5,6)7)29(26-19-18-23(2)25(4)21-26)30(37)34-27-17-14-13-16-24(27)3/h13-14,16-19,21,28-29,41H,8-12,15,20,22H2,1-7H3,(H,34,37)(H,35,39). The molecule has 7 nitrogen and oxygen atoms in total. The second kappa shape index (κ2) is 16.4. The number of thiol groups is 1. The molecule has 0 aliphatic heterocycles. The summed E-state index contributed by atoms with van der Waals surface area (Å²) in [4.78, 5) is 42.5. The Morgan fingerprint density at radius 3 is 2.17 bits per heavy atom. The summed E-state index contributed by atoms with van der Waals surface area (Å²) in [5.41, 5.74) is 3.74. The molecule has 0 aliphatic carbocycles. The third-order valence-corrected chi connectivity index (χ3v) is 7.38. The Balaban J connectivity index is 2.49. The average Bonchev–Trinajstić information content (AvgIpc) is 2.90. The Kier molecular flexibility index (Phi) is 13.7. The quantitative estimate of drug-likeness (QED) is 0.161. The normalized spacial score (nSPS) is 12.8. The predicted molar refractivity (Wildman–Crippen MR) is 171 cm³/mol. The van der Waals surface area contributed by atoms with Crippen molar-refractivity contribution in [1.82, 2.24) is 10.2 Å². The van der Waals surface area contributed by atoms with Crippen LogP contribution in [0.15, 0.2) is 42.5 Å². The summed E-state index contributed by atoms with van der Waals surface area (Å²) in [7, 11) is 0. The SMILES string of the molecule is CCCCCCCCN(C(=O)C(CS)NC(=O)OC(C)(C)C)C(C(=O)Nc1ccccc1C)c1ccc(C)c(C)c1. The van der Waals surface area contributed by atoms with Crippen LogP contribution < -0.4 is 10.6 Å². The smallest absolute Gasteiger partial charge is 0.408 e. The second-order valence-electron chi connectivity index (χ2n) is 11.7. The van der Waals surface area contributed by atoms with Gasteiger partial charge in [0.2, 0.25) is 5.91 Å². The first kappa shape index (κ1) is 34.2. The van der Waals surface area contributed by atoms with Crippen molar-refractivity contribution in [3.63, 3.8) is 0 Å². The van der Waals surface area contributed by atoms with Gasteiger partial charge >= 0.3 is 6.09 Å². The van der Waals surface area contributed by atoms with Gasteiger partial charge in [0.1, 0.15) is 17.7 Å². The number of nitrogens with zero attached hydrogens (tertiary/aromatic N) is 1. The summed E-state index contributed by atoms with van der Waals surface area (Å²) in [6.07, 6.45) is 5.50. The predicted octanol–water partition coefficient (Wildman–Crippen LogP) is 7.30. The number of rotatable bonds is 14. The van der Waals surface area contributed by atoms with Gasteiger partial charge in [-0.15, -0.1) is 0 Å². The topological polar surface area (TPSA) is 87.7 Å². The first-order valence-corrected chi connectivity index (χ1v) is 15.4. The Labute approximate surface area is 252 Å². The summed E-state index contributed by atoms with van der Waals surface area (Å²) < 4.78 is 5.42. The molecule has 2 aromatic rings. The summed E-state index contributed by atoms with van der Waals surface area (Å²) in [6, 6.07) is 11.6. The van der Waals surface area contributed by atoms with Gasteiger partial charge in [-0.05, 0) is 76.3 Å². The molecule has 3 amide bonds. The number of unbranched alkanes of at least 4 members (excludes halogenated alkanes) is 5. The Morgan fingerprint density at radius 2 is 1.56 bits per heavy atom. The summed E-state index contributed by atoms with van der Waals surface area (Å²) in [5.74, 6) is -0.621. The highest BCUT2D eigenvalue weighted by Gasteiger charge is 2.36. The first-order chi connectivity index (χ1) is 19.4. The number of para-hydroxylation sites is 1. The van der Waals surface area contributed by atoms with Crippen molar-refractivity contribution in [3.05, 3.63) is 64.7 Å². The summed E-state index contributed by atoms with van der Waals surface area (Å²) >= 11 is 4.40. The highest BCUT2D eigenvalue weighted by atomic mass is 32.1. The van der Waals surface area contributed by atoms with Crippen LogP contribution in [0.2, 0.25) is 0 Å². The second-order valence-corrected chi connectivity index (χ2v) is 12.1. The van der Waals surface area contributed by atoms with Gasteiger partial charge in [-0.1, -0.05) is 75.4 Å². The number of amides is 3. The van der Waals surface area contributed by atoms with Gasteiger partial charge in [0, 0.05) is 18.0 Å². The molecule has 0 spiro atoms. The van der Waals surface area contributed by atoms with Gasteiger partial charge in [-0.2, -0.15) is 12.6 Å². The lowest BCUT2D eigenvalue weighted by Gasteiger charge is -2.34. The van der Waals surface area contributed by atoms with Gasteiger partial charge in [-0.3, -0.25) is 9.59 Å². The molecular weight excluding hydrogens is 534 g/mol. The number of carbonyl (C=O) groups excluding carboxylic acids is 3. The fraction of sp³-hybridized carbons (Fsp3) is 0.545. The molecule has 2 N–H and O–H groups in total. The Bertz CT molecular complexity index is 1160. The van der Waals surface area contributed by atoms with E-state index < -0.39 is 23.8 Å². The number of benzene rings is 2. The van der Waals surface area contributed by atoms with Crippen LogP contribution in [0.3, 0.4) is 0 Å². The fourth-order valence-corrected chi connectivity index (χ4v) is 4.83. The molecule has 226 valence electrons. The first-order valence-electron chi connectivity index (χ1n) is 14.7. The van der Waals surface area contributed by atoms with E-state index in [4.69, 9.17) is 4.74 Å². The molecule has 0 fully saturated rings. The maximum absolute atomic E-state index is 14.2. The molecule has 0 saturated heterocycles. The number of anilines is 1. The van der Waals surface area contributed by atoms with Crippen molar-refractivity contribution in [2.45, 2.75) is 105 Å². The average molecular weight is 584 g/mol. The van der Waals surface area contributed by atoms with E-state index in [1.165, 1.54) is 6.42 Å². The van der Waals surface area contributed by atoms with Crippen molar-refractivity contribution in [3.8, 4) is 0 Å². The third-order valence-electron chi connectivity index (χ3n) is 7.02. The zero-order valence-electron chi connectivity index (χ0n) is 25.9. The number of alkyl carbamates (subject to hydrolysis) is 1. The molecule has 0 saturated carbocycles. The van der Waals surface area contributed by atoms with Crippen LogP contribution >= 0.6 is 12.6 Å². The van der Waals surface area contributed by atoms with Crippen LogP contribution in [0.5, 0.6) is 0 Å². The fourth-order valence-electron chi connectivity index (χ4n) is 4.59. The number of hydrogen-bond acceptors (Lipinski definition) is 5. The van der Waals surface area contributed by atoms with E-state index >= 15 is 0 Å². The van der Waals surface area contributed by atoms with Crippen molar-refractivity contribution in [2.24, 2.45) is 0 Å². The highest BCUT2D eigenvalue weighted by molar-refractivity contribution is 7.80. The third kappa shape index (κ3) is 11.1. The maximum Gasteiger partial charge on any atom is 0.408 e. The van der Waals surface area contributed by atoms with Crippen LogP contribution in [0.4, 0.5) is 10.5 Å². The highest BCUT2D eigenvalue weighted by Crippen LogP contribution is 2.28. The van der Waals surface area contributed by atoms with E-state index in [-0.39, 0.29) is 17.6 Å². The van der Waals surface area contributed by atoms with Crippen molar-refractivity contribution in [1.29, 1.82) is 0 Å². The van der Waals surface area contributed by atoms with E-state index in [0.29, 0.717) is 17.8 Å². The zero-order chi connectivity index (χ0) is 30.6. The van der Waals surface area contributed by atoms with E-state index in [9.17, 15) is 14.4 Å². The van der Waals surface area contributed by atoms with Crippen molar-refractivity contribution < 1.29 is 19.1 Å². The molecular formula is C33H49N3O4S. The molecule has 0 aliphatic rings. The van der Waals surface area contributed by atoms with Crippen molar-refractivity contribution in [2.75, 3.05) is 17.6 Å². The van der Waals surface area contributed by atoms with Crippen molar-refractivity contribution >= 4 is 36.2 Å². The molecule has 0 radical (unpaired) electrons. The molecule has 8 heteroatoms. The monoisotopic (exact) mass is 583 g/mol. The summed E-state index contributed by atoms with van der Waals surface area (Å²) in [5, 5.41) is 5.75. The maximum atomic E-state index is 14.2. The molecule has 0 heterocycles. The largest absolute Gasteiger partial charge is 0.444 e. The van der Waals surface area contributed by atoms with Gasteiger partial charge in [0.15, 0.2) is 0 Å². The molecule has 2 unspecified atom stereocenters. The van der Waals surface area contributed by atoms with E-state index in [2.05, 4.69) is 30.2 Å². The number of carbonyl (C=O) groups is 3. The van der Waals surface area contributed by atoms with E-state index in [1.807, 2.05) is 63.2 Å². The minimum absolute atomic E-state index is 0.0597. The molecule has 2 aromatic carbocycles. The van der Waals surface area contributed by atoms with E-state index in [0.717, 1.165) is 48.8 Å². The number of nitrogens with one attached hydrogen (secondary N) is 2. The van der Waals surface area contributed by atoms with Crippen LogP contribution in [-0.4, -0.2) is 46.7 Å². The lowest BCUT2D eigenvalue weighted by atomic mass is 9.97. The van der Waals surface area contributed by atoms with Gasteiger partial charge < -0.3 is 20.3 Å². The van der Waals surface area contributed by atoms with Gasteiger partial charge in [0.25, 0.3) is 5.91 Å². The van der Waals surface area contributed by atoms with E-state index in [1.54, 1.807) is 25.7 Å². The van der Waals surface area contributed by atoms with Crippen LogP contribution in [0.25, 0.3) is 0 Å². The lowest BCUT2D eigenvalue weighted by Crippen LogP contribution is -2.53. The Hall–Kier alpha value is -3.00. The molecule has 0 bridgehead atoms. The minimum atomic E-state index is -0.964. The Morgan fingerprint density at radius 1 is 0.902 bits per heavy atom. The van der Waals surface area contributed by atoms with Crippen LogP contribution in [0, 0.1) is 20.8 Å². The number of ether oxygens (including phenoxy) is 1. The molecule has 2 atom stereocenters. The summed E-state index contributed by atoms with van der Waals surface area (Å²) in [6.45, 7) is 13.8. The van der Waals surface area contributed by atoms with Gasteiger partial charge in [-0.25, -0.2) is 4.79 Å². The van der Waals surface area contributed by atoms with Gasteiger partial charge in [0.05, 0.1) is 0 Å².